The summed E-state index contributed by atoms with van der Waals surface area (Å²) >= 11 is 4.27. The first-order valence-electron chi connectivity index (χ1n) is 5.57. The highest BCUT2D eigenvalue weighted by Gasteiger charge is 2.19. The predicted octanol–water partition coefficient (Wildman–Crippen LogP) is 2.25. The number of hydrogen-bond acceptors (Lipinski definition) is 2. The molecule has 14 heavy (non-hydrogen) atoms. The van der Waals surface area contributed by atoms with Crippen LogP contribution in [0.15, 0.2) is 0 Å². The van der Waals surface area contributed by atoms with E-state index in [4.69, 9.17) is 0 Å². The van der Waals surface area contributed by atoms with Crippen molar-refractivity contribution in [2.24, 2.45) is 11.8 Å². The van der Waals surface area contributed by atoms with Crippen molar-refractivity contribution >= 4 is 18.5 Å². The molecule has 1 unspecified atom stereocenters. The number of carbonyl (C=O) groups is 1. The van der Waals surface area contributed by atoms with Gasteiger partial charge in [-0.05, 0) is 18.3 Å². The van der Waals surface area contributed by atoms with Crippen molar-refractivity contribution in [1.29, 1.82) is 0 Å². The van der Waals surface area contributed by atoms with Gasteiger partial charge in [0.15, 0.2) is 0 Å². The first-order valence-corrected chi connectivity index (χ1v) is 6.08. The smallest absolute Gasteiger partial charge is 0.233 e. The van der Waals surface area contributed by atoms with Gasteiger partial charge in [-0.2, -0.15) is 12.6 Å². The van der Waals surface area contributed by atoms with Gasteiger partial charge in [-0.15, -0.1) is 0 Å². The Morgan fingerprint density at radius 3 is 2.57 bits per heavy atom. The van der Waals surface area contributed by atoms with E-state index in [9.17, 15) is 4.79 Å². The number of nitrogens with one attached hydrogen (secondary N) is 1. The maximum Gasteiger partial charge on any atom is 0.233 e. The molecule has 1 fully saturated rings. The lowest BCUT2D eigenvalue weighted by molar-refractivity contribution is -0.121. The zero-order chi connectivity index (χ0) is 10.6. The van der Waals surface area contributed by atoms with Gasteiger partial charge in [0, 0.05) is 6.54 Å². The molecule has 1 amide bonds. The number of carbonyl (C=O) groups excluding carboxylic acids is 1. The van der Waals surface area contributed by atoms with E-state index in [1.807, 2.05) is 13.8 Å². The van der Waals surface area contributed by atoms with E-state index in [1.54, 1.807) is 0 Å². The zero-order valence-corrected chi connectivity index (χ0v) is 10.0. The average molecular weight is 215 g/mol. The molecule has 0 aromatic heterocycles. The number of rotatable bonds is 5. The Morgan fingerprint density at radius 1 is 1.50 bits per heavy atom. The van der Waals surface area contributed by atoms with Crippen molar-refractivity contribution in [2.45, 2.75) is 44.8 Å². The van der Waals surface area contributed by atoms with Crippen LogP contribution in [0, 0.1) is 11.8 Å². The van der Waals surface area contributed by atoms with Crippen LogP contribution < -0.4 is 5.32 Å². The first kappa shape index (κ1) is 11.9. The summed E-state index contributed by atoms with van der Waals surface area (Å²) in [4.78, 5) is 11.5. The van der Waals surface area contributed by atoms with E-state index in [0.717, 1.165) is 18.9 Å². The first-order chi connectivity index (χ1) is 6.61. The molecule has 0 radical (unpaired) electrons. The van der Waals surface area contributed by atoms with Gasteiger partial charge in [0.25, 0.3) is 0 Å². The molecule has 2 nitrogen and oxygen atoms in total. The third kappa shape index (κ3) is 3.52. The van der Waals surface area contributed by atoms with E-state index in [2.05, 4.69) is 17.9 Å². The maximum atomic E-state index is 11.5. The lowest BCUT2D eigenvalue weighted by Gasteiger charge is -2.25. The third-order valence-electron chi connectivity index (χ3n) is 2.98. The summed E-state index contributed by atoms with van der Waals surface area (Å²) in [6.45, 7) is 4.86. The molecule has 0 aromatic rings. The van der Waals surface area contributed by atoms with E-state index < -0.39 is 0 Å². The molecule has 0 heterocycles. The minimum atomic E-state index is -0.156. The molecule has 0 aliphatic heterocycles. The lowest BCUT2D eigenvalue weighted by atomic mass is 9.83. The summed E-state index contributed by atoms with van der Waals surface area (Å²) in [7, 11) is 0. The van der Waals surface area contributed by atoms with Crippen LogP contribution in [0.25, 0.3) is 0 Å². The molecular formula is C11H21NOS. The van der Waals surface area contributed by atoms with Gasteiger partial charge in [-0.1, -0.05) is 33.1 Å². The van der Waals surface area contributed by atoms with Crippen molar-refractivity contribution in [2.75, 3.05) is 6.54 Å². The fourth-order valence-corrected chi connectivity index (χ4v) is 1.68. The molecule has 0 aromatic carbocycles. The summed E-state index contributed by atoms with van der Waals surface area (Å²) in [6.07, 6.45) is 5.22. The van der Waals surface area contributed by atoms with Gasteiger partial charge in [0.2, 0.25) is 5.91 Å². The second-order valence-electron chi connectivity index (χ2n) is 4.57. The van der Waals surface area contributed by atoms with E-state index in [1.165, 1.54) is 19.3 Å². The number of hydrogen-bond donors (Lipinski definition) is 2. The highest BCUT2D eigenvalue weighted by atomic mass is 32.1. The molecule has 1 atom stereocenters. The topological polar surface area (TPSA) is 29.1 Å². The highest BCUT2D eigenvalue weighted by Crippen LogP contribution is 2.28. The van der Waals surface area contributed by atoms with E-state index in [0.29, 0.717) is 5.92 Å². The van der Waals surface area contributed by atoms with E-state index >= 15 is 0 Å². The molecule has 0 bridgehead atoms. The minimum absolute atomic E-state index is 0.0858. The van der Waals surface area contributed by atoms with Crippen LogP contribution in [0.1, 0.15) is 39.5 Å². The molecule has 1 saturated carbocycles. The van der Waals surface area contributed by atoms with Crippen molar-refractivity contribution in [3.8, 4) is 0 Å². The second kappa shape index (κ2) is 5.64. The fourth-order valence-electron chi connectivity index (χ4n) is 1.59. The minimum Gasteiger partial charge on any atom is -0.355 e. The molecule has 3 heteroatoms. The number of amides is 1. The van der Waals surface area contributed by atoms with Gasteiger partial charge in [-0.3, -0.25) is 4.79 Å². The third-order valence-corrected chi connectivity index (χ3v) is 3.81. The lowest BCUT2D eigenvalue weighted by Crippen LogP contribution is -2.35. The van der Waals surface area contributed by atoms with Crippen LogP contribution in [0.5, 0.6) is 0 Å². The highest BCUT2D eigenvalue weighted by molar-refractivity contribution is 7.81. The van der Waals surface area contributed by atoms with Gasteiger partial charge in [0.05, 0.1) is 5.25 Å². The quantitative estimate of drug-likeness (QED) is 0.677. The Balaban J connectivity index is 2.07. The largest absolute Gasteiger partial charge is 0.355 e. The second-order valence-corrected chi connectivity index (χ2v) is 5.12. The zero-order valence-electron chi connectivity index (χ0n) is 9.12. The Bertz CT molecular complexity index is 190. The molecule has 1 N–H and O–H groups in total. The van der Waals surface area contributed by atoms with Gasteiger partial charge in [-0.25, -0.2) is 0 Å². The maximum absolute atomic E-state index is 11.5. The molecule has 0 spiro atoms. The Hall–Kier alpha value is -0.180. The van der Waals surface area contributed by atoms with Crippen LogP contribution in [-0.2, 0) is 4.79 Å². The Morgan fingerprint density at radius 2 is 2.14 bits per heavy atom. The summed E-state index contributed by atoms with van der Waals surface area (Å²) in [5, 5.41) is 2.79. The van der Waals surface area contributed by atoms with Crippen molar-refractivity contribution in [1.82, 2.24) is 5.32 Å². The molecule has 1 rings (SSSR count). The predicted molar refractivity (Wildman–Crippen MR) is 62.6 cm³/mol. The van der Waals surface area contributed by atoms with Crippen LogP contribution in [0.2, 0.25) is 0 Å². The standard InChI is InChI=1S/C11H21NOS/c1-8(2)10(14)11(13)12-7-6-9-4-3-5-9/h8-10,14H,3-7H2,1-2H3,(H,12,13). The summed E-state index contributed by atoms with van der Waals surface area (Å²) < 4.78 is 0. The summed E-state index contributed by atoms with van der Waals surface area (Å²) in [6, 6.07) is 0. The normalized spacial score (nSPS) is 19.1. The van der Waals surface area contributed by atoms with Crippen LogP contribution in [0.4, 0.5) is 0 Å². The molecule has 1 aliphatic carbocycles. The van der Waals surface area contributed by atoms with Crippen molar-refractivity contribution in [3.63, 3.8) is 0 Å². The fraction of sp³-hybridized carbons (Fsp3) is 0.909. The van der Waals surface area contributed by atoms with Gasteiger partial charge < -0.3 is 5.32 Å². The Kier molecular flexibility index (Phi) is 4.79. The molecule has 1 aliphatic rings. The summed E-state index contributed by atoms with van der Waals surface area (Å²) in [5.41, 5.74) is 0. The van der Waals surface area contributed by atoms with Crippen molar-refractivity contribution < 1.29 is 4.79 Å². The monoisotopic (exact) mass is 215 g/mol. The summed E-state index contributed by atoms with van der Waals surface area (Å²) in [5.74, 6) is 1.26. The van der Waals surface area contributed by atoms with Gasteiger partial charge >= 0.3 is 0 Å². The van der Waals surface area contributed by atoms with Gasteiger partial charge in [0.1, 0.15) is 0 Å². The van der Waals surface area contributed by atoms with Crippen LogP contribution >= 0.6 is 12.6 Å². The average Bonchev–Trinajstić information content (AvgIpc) is 2.07. The molecular weight excluding hydrogens is 194 g/mol. The van der Waals surface area contributed by atoms with Crippen LogP contribution in [-0.4, -0.2) is 17.7 Å². The van der Waals surface area contributed by atoms with E-state index in [-0.39, 0.29) is 11.2 Å². The van der Waals surface area contributed by atoms with Crippen molar-refractivity contribution in [3.05, 3.63) is 0 Å². The van der Waals surface area contributed by atoms with Crippen LogP contribution in [0.3, 0.4) is 0 Å². The SMILES string of the molecule is CC(C)C(S)C(=O)NCCC1CCC1. The molecule has 0 saturated heterocycles. The molecule has 82 valence electrons. The number of thiol groups is 1. The Labute approximate surface area is 92.2 Å².